The van der Waals surface area contributed by atoms with Crippen molar-refractivity contribution in [1.82, 2.24) is 10.2 Å². The van der Waals surface area contributed by atoms with Gasteiger partial charge in [-0.3, -0.25) is 9.59 Å². The van der Waals surface area contributed by atoms with Gasteiger partial charge < -0.3 is 10.2 Å². The van der Waals surface area contributed by atoms with Crippen LogP contribution in [0.5, 0.6) is 0 Å². The van der Waals surface area contributed by atoms with Crippen molar-refractivity contribution in [3.63, 3.8) is 0 Å². The molecule has 0 aliphatic rings. The van der Waals surface area contributed by atoms with Gasteiger partial charge in [0, 0.05) is 29.7 Å². The first-order valence-corrected chi connectivity index (χ1v) is 14.9. The molecule has 8 heteroatoms. The van der Waals surface area contributed by atoms with Crippen LogP contribution >= 0.6 is 50.9 Å². The number of halogens is 3. The number of unbranched alkanes of at least 4 members (excludes halogenated alkanes) is 1. The third-order valence-corrected chi connectivity index (χ3v) is 8.10. The highest BCUT2D eigenvalue weighted by molar-refractivity contribution is 9.10. The first kappa shape index (κ1) is 29.6. The molecule has 37 heavy (non-hydrogen) atoms. The predicted octanol–water partition coefficient (Wildman–Crippen LogP) is 7.55. The van der Waals surface area contributed by atoms with Crippen molar-refractivity contribution in [1.29, 1.82) is 0 Å². The highest BCUT2D eigenvalue weighted by Crippen LogP contribution is 2.25. The second-order valence-corrected chi connectivity index (χ2v) is 11.5. The maximum atomic E-state index is 13.7. The van der Waals surface area contributed by atoms with Crippen molar-refractivity contribution in [2.45, 2.75) is 44.5 Å². The van der Waals surface area contributed by atoms with Gasteiger partial charge in [0.15, 0.2) is 0 Å². The minimum atomic E-state index is -0.658. The first-order chi connectivity index (χ1) is 17.9. The van der Waals surface area contributed by atoms with Crippen LogP contribution in [0.3, 0.4) is 0 Å². The predicted molar refractivity (Wildman–Crippen MR) is 159 cm³/mol. The average Bonchev–Trinajstić information content (AvgIpc) is 2.90. The fraction of sp³-hybridized carbons (Fsp3) is 0.310. The van der Waals surface area contributed by atoms with Crippen molar-refractivity contribution < 1.29 is 9.59 Å². The van der Waals surface area contributed by atoms with Crippen LogP contribution in [0.25, 0.3) is 0 Å². The van der Waals surface area contributed by atoms with E-state index in [1.165, 1.54) is 11.8 Å². The van der Waals surface area contributed by atoms with Crippen molar-refractivity contribution in [2.24, 2.45) is 0 Å². The molecule has 0 bridgehead atoms. The molecule has 0 unspecified atom stereocenters. The van der Waals surface area contributed by atoms with Gasteiger partial charge >= 0.3 is 0 Å². The maximum Gasteiger partial charge on any atom is 0.243 e. The number of nitrogens with zero attached hydrogens (tertiary/aromatic N) is 1. The topological polar surface area (TPSA) is 49.4 Å². The Hall–Kier alpha value is -1.99. The zero-order chi connectivity index (χ0) is 26.6. The summed E-state index contributed by atoms with van der Waals surface area (Å²) in [7, 11) is 0. The smallest absolute Gasteiger partial charge is 0.243 e. The van der Waals surface area contributed by atoms with Gasteiger partial charge in [0.2, 0.25) is 11.8 Å². The number of thioether (sulfide) groups is 1. The fourth-order valence-electron chi connectivity index (χ4n) is 3.81. The zero-order valence-electron chi connectivity index (χ0n) is 20.8. The molecule has 1 atom stereocenters. The van der Waals surface area contributed by atoms with Crippen LogP contribution in [0.1, 0.15) is 36.5 Å². The lowest BCUT2D eigenvalue weighted by atomic mass is 10.0. The number of rotatable bonds is 13. The molecule has 0 spiro atoms. The largest absolute Gasteiger partial charge is 0.354 e. The van der Waals surface area contributed by atoms with Gasteiger partial charge in [0.05, 0.1) is 15.8 Å². The monoisotopic (exact) mass is 620 g/mol. The molecule has 0 heterocycles. The van der Waals surface area contributed by atoms with Crippen LogP contribution in [-0.2, 0) is 28.3 Å². The highest BCUT2D eigenvalue weighted by atomic mass is 79.9. The second kappa shape index (κ2) is 15.4. The van der Waals surface area contributed by atoms with Crippen molar-refractivity contribution >= 4 is 62.7 Å². The molecule has 0 saturated carbocycles. The summed E-state index contributed by atoms with van der Waals surface area (Å²) in [6.07, 6.45) is 2.28. The van der Waals surface area contributed by atoms with E-state index in [9.17, 15) is 9.59 Å². The zero-order valence-corrected chi connectivity index (χ0v) is 24.7. The molecular weight excluding hydrogens is 591 g/mol. The number of benzene rings is 3. The molecule has 0 fully saturated rings. The summed E-state index contributed by atoms with van der Waals surface area (Å²) in [5.41, 5.74) is 2.95. The Balaban J connectivity index is 1.84. The summed E-state index contributed by atoms with van der Waals surface area (Å²) in [6, 6.07) is 22.5. The first-order valence-electron chi connectivity index (χ1n) is 12.2. The highest BCUT2D eigenvalue weighted by Gasteiger charge is 2.30. The molecule has 0 radical (unpaired) electrons. The molecule has 0 aliphatic heterocycles. The molecule has 0 aliphatic carbocycles. The quantitative estimate of drug-likeness (QED) is 0.201. The molecule has 3 aromatic rings. The van der Waals surface area contributed by atoms with Gasteiger partial charge in [0.1, 0.15) is 6.04 Å². The summed E-state index contributed by atoms with van der Waals surface area (Å²) < 4.78 is 1.02. The van der Waals surface area contributed by atoms with E-state index < -0.39 is 6.04 Å². The van der Waals surface area contributed by atoms with Gasteiger partial charge in [-0.05, 0) is 47.4 Å². The Morgan fingerprint density at radius 2 is 1.65 bits per heavy atom. The lowest BCUT2D eigenvalue weighted by Gasteiger charge is -2.31. The van der Waals surface area contributed by atoms with E-state index in [0.717, 1.165) is 34.0 Å². The molecule has 2 amide bonds. The third kappa shape index (κ3) is 9.68. The molecule has 3 rings (SSSR count). The van der Waals surface area contributed by atoms with E-state index in [1.807, 2.05) is 60.7 Å². The van der Waals surface area contributed by atoms with Crippen molar-refractivity contribution in [3.8, 4) is 0 Å². The van der Waals surface area contributed by atoms with E-state index in [2.05, 4.69) is 28.2 Å². The molecule has 4 nitrogen and oxygen atoms in total. The number of carbonyl (C=O) groups is 2. The average molecular weight is 622 g/mol. The van der Waals surface area contributed by atoms with Crippen molar-refractivity contribution in [2.75, 3.05) is 12.3 Å². The van der Waals surface area contributed by atoms with E-state index in [4.69, 9.17) is 23.2 Å². The lowest BCUT2D eigenvalue weighted by Crippen LogP contribution is -2.51. The summed E-state index contributed by atoms with van der Waals surface area (Å²) in [5, 5.41) is 3.91. The van der Waals surface area contributed by atoms with Gasteiger partial charge in [-0.2, -0.15) is 0 Å². The van der Waals surface area contributed by atoms with Crippen molar-refractivity contribution in [3.05, 3.63) is 104 Å². The summed E-state index contributed by atoms with van der Waals surface area (Å²) in [6.45, 7) is 2.91. The molecule has 0 saturated heterocycles. The van der Waals surface area contributed by atoms with Crippen LogP contribution in [0.15, 0.2) is 77.3 Å². The van der Waals surface area contributed by atoms with Crippen LogP contribution < -0.4 is 5.32 Å². The minimum absolute atomic E-state index is 0.0974. The van der Waals surface area contributed by atoms with Gasteiger partial charge in [-0.15, -0.1) is 11.8 Å². The third-order valence-electron chi connectivity index (χ3n) is 5.85. The van der Waals surface area contributed by atoms with Crippen LogP contribution in [0, 0.1) is 0 Å². The molecular formula is C29H31BrCl2N2O2S. The Kier molecular flexibility index (Phi) is 12.3. The van der Waals surface area contributed by atoms with Crippen LogP contribution in [0.2, 0.25) is 10.0 Å². The van der Waals surface area contributed by atoms with Gasteiger partial charge in [-0.1, -0.05) is 101 Å². The number of amides is 2. The summed E-state index contributed by atoms with van der Waals surface area (Å²) >= 11 is 17.4. The standard InChI is InChI=1S/C29H31BrCl2N2O2S/c1-2-3-15-33-29(36)27(17-21-7-5-4-6-8-21)34(18-23-11-14-25(31)26(32)16-23)28(35)20-37-19-22-9-12-24(30)13-10-22/h4-14,16,27H,2-3,15,17-20H2,1H3,(H,33,36)/t27-/m0/s1. The molecule has 196 valence electrons. The fourth-order valence-corrected chi connectivity index (χ4v) is 5.27. The van der Waals surface area contributed by atoms with Gasteiger partial charge in [-0.25, -0.2) is 0 Å². The maximum absolute atomic E-state index is 13.7. The van der Waals surface area contributed by atoms with E-state index in [1.54, 1.807) is 17.0 Å². The Morgan fingerprint density at radius 1 is 0.946 bits per heavy atom. The molecule has 0 aromatic heterocycles. The van der Waals surface area contributed by atoms with Crippen LogP contribution in [-0.4, -0.2) is 35.1 Å². The normalized spacial score (nSPS) is 11.7. The van der Waals surface area contributed by atoms with Gasteiger partial charge in [0.25, 0.3) is 0 Å². The Labute approximate surface area is 242 Å². The minimum Gasteiger partial charge on any atom is -0.354 e. The lowest BCUT2D eigenvalue weighted by molar-refractivity contribution is -0.139. The second-order valence-electron chi connectivity index (χ2n) is 8.74. The number of hydrogen-bond donors (Lipinski definition) is 1. The summed E-state index contributed by atoms with van der Waals surface area (Å²) in [5.74, 6) is 0.708. The SMILES string of the molecule is CCCCNC(=O)[C@H](Cc1ccccc1)N(Cc1ccc(Cl)c(Cl)c1)C(=O)CSCc1ccc(Br)cc1. The number of hydrogen-bond acceptors (Lipinski definition) is 3. The molecule has 1 N–H and O–H groups in total. The summed E-state index contributed by atoms with van der Waals surface area (Å²) in [4.78, 5) is 28.8. The number of carbonyl (C=O) groups excluding carboxylic acids is 2. The van der Waals surface area contributed by atoms with Crippen LogP contribution in [0.4, 0.5) is 0 Å². The van der Waals surface area contributed by atoms with E-state index >= 15 is 0 Å². The number of nitrogens with one attached hydrogen (secondary N) is 1. The molecule has 3 aromatic carbocycles. The Bertz CT molecular complexity index is 1160. The Morgan fingerprint density at radius 3 is 2.32 bits per heavy atom. The van der Waals surface area contributed by atoms with E-state index in [0.29, 0.717) is 28.8 Å². The van der Waals surface area contributed by atoms with E-state index in [-0.39, 0.29) is 24.1 Å².